The van der Waals surface area contributed by atoms with E-state index < -0.39 is 28.8 Å². The summed E-state index contributed by atoms with van der Waals surface area (Å²) in [6, 6.07) is 0. The summed E-state index contributed by atoms with van der Waals surface area (Å²) in [6.45, 7) is 21.4. The summed E-state index contributed by atoms with van der Waals surface area (Å²) in [6.07, 6.45) is -0.0177. The first-order valence-electron chi connectivity index (χ1n) is 7.90. The number of aliphatic hydroxyl groups excluding tert-OH is 1. The molecule has 132 valence electrons. The number of aliphatic hydroxyl groups is 1. The van der Waals surface area contributed by atoms with Crippen LogP contribution in [0.25, 0.3) is 0 Å². The molecule has 3 atom stereocenters. The number of hydrogen-bond donors (Lipinski definition) is 1. The summed E-state index contributed by atoms with van der Waals surface area (Å²) < 4.78 is 17.9. The van der Waals surface area contributed by atoms with Gasteiger partial charge in [-0.1, -0.05) is 26.8 Å². The fourth-order valence-electron chi connectivity index (χ4n) is 1.71. The van der Waals surface area contributed by atoms with Crippen LogP contribution in [0.4, 0.5) is 0 Å². The monoisotopic (exact) mass is 348 g/mol. The van der Waals surface area contributed by atoms with Crippen molar-refractivity contribution < 1.29 is 18.7 Å². The average molecular weight is 349 g/mol. The lowest BCUT2D eigenvalue weighted by Crippen LogP contribution is -2.50. The minimum atomic E-state index is -1.87. The van der Waals surface area contributed by atoms with Crippen LogP contribution >= 0.6 is 0 Å². The van der Waals surface area contributed by atoms with Gasteiger partial charge in [-0.25, -0.2) is 0 Å². The van der Waals surface area contributed by atoms with Crippen molar-refractivity contribution in [3.63, 3.8) is 0 Å². The highest BCUT2D eigenvalue weighted by Crippen LogP contribution is 2.36. The Morgan fingerprint density at radius 2 is 1.64 bits per heavy atom. The molecule has 0 heterocycles. The van der Waals surface area contributed by atoms with E-state index in [4.69, 9.17) is 13.6 Å². The van der Waals surface area contributed by atoms with Gasteiger partial charge in [0.25, 0.3) is 0 Å². The van der Waals surface area contributed by atoms with Crippen LogP contribution in [-0.2, 0) is 13.6 Å². The molecule has 0 aromatic rings. The van der Waals surface area contributed by atoms with Crippen molar-refractivity contribution in [2.24, 2.45) is 0 Å². The highest BCUT2D eigenvalue weighted by Gasteiger charge is 2.39. The molecule has 0 spiro atoms. The molecule has 0 saturated carbocycles. The molecular weight excluding hydrogens is 312 g/mol. The summed E-state index contributed by atoms with van der Waals surface area (Å²) in [5.74, 6) is 0. The zero-order valence-electron chi connectivity index (χ0n) is 15.9. The van der Waals surface area contributed by atoms with E-state index in [9.17, 15) is 5.11 Å². The lowest BCUT2D eigenvalue weighted by molar-refractivity contribution is -0.0686. The summed E-state index contributed by atoms with van der Waals surface area (Å²) in [4.78, 5) is 0. The van der Waals surface area contributed by atoms with Gasteiger partial charge < -0.3 is 18.7 Å². The second-order valence-electron chi connectivity index (χ2n) is 8.27. The highest BCUT2D eigenvalue weighted by molar-refractivity contribution is 6.74. The van der Waals surface area contributed by atoms with Crippen molar-refractivity contribution in [3.05, 3.63) is 12.7 Å². The third-order valence-corrected chi connectivity index (χ3v) is 9.63. The number of ether oxygens (including phenoxy) is 1. The first-order chi connectivity index (χ1) is 9.75. The molecule has 0 unspecified atom stereocenters. The van der Waals surface area contributed by atoms with Crippen molar-refractivity contribution in [1.29, 1.82) is 0 Å². The molecule has 22 heavy (non-hydrogen) atoms. The molecular formula is C16H36O4Si2. The van der Waals surface area contributed by atoms with Crippen molar-refractivity contribution in [1.82, 2.24) is 0 Å². The Kier molecular flexibility index (Phi) is 8.22. The second-order valence-corrected chi connectivity index (χ2v) is 17.5. The first-order valence-corrected chi connectivity index (χ1v) is 14.2. The molecule has 6 heteroatoms. The van der Waals surface area contributed by atoms with Crippen LogP contribution in [0.5, 0.6) is 0 Å². The molecule has 0 amide bonds. The van der Waals surface area contributed by atoms with Gasteiger partial charge >= 0.3 is 0 Å². The van der Waals surface area contributed by atoms with Crippen LogP contribution in [-0.4, -0.2) is 53.8 Å². The van der Waals surface area contributed by atoms with Crippen molar-refractivity contribution in [3.8, 4) is 0 Å². The van der Waals surface area contributed by atoms with Crippen molar-refractivity contribution in [2.75, 3.05) is 13.7 Å². The van der Waals surface area contributed by atoms with E-state index in [0.717, 1.165) is 0 Å². The summed E-state index contributed by atoms with van der Waals surface area (Å²) in [5.41, 5.74) is 0. The van der Waals surface area contributed by atoms with E-state index in [1.807, 2.05) is 0 Å². The fourth-order valence-corrected chi connectivity index (χ4v) is 3.83. The standard InChI is InChI=1S/C16H36O4Si2/c1-11-13(17)15(20-21(6,7)8)14(18-5)12-19-22(9,10)16(2,3)4/h11,13-15,17H,1,12H2,2-10H3/t13-,14+,15-/m1/s1. The second kappa shape index (κ2) is 8.21. The Morgan fingerprint density at radius 1 is 1.14 bits per heavy atom. The molecule has 0 aromatic heterocycles. The summed E-state index contributed by atoms with van der Waals surface area (Å²) in [7, 11) is -2.05. The van der Waals surface area contributed by atoms with Crippen LogP contribution < -0.4 is 0 Å². The molecule has 0 aliphatic carbocycles. The molecule has 0 aliphatic rings. The molecule has 0 bridgehead atoms. The number of methoxy groups -OCH3 is 1. The van der Waals surface area contributed by atoms with Gasteiger partial charge in [-0.05, 0) is 37.8 Å². The van der Waals surface area contributed by atoms with E-state index in [1.165, 1.54) is 6.08 Å². The maximum Gasteiger partial charge on any atom is 0.192 e. The van der Waals surface area contributed by atoms with Crippen molar-refractivity contribution >= 4 is 16.6 Å². The smallest absolute Gasteiger partial charge is 0.192 e. The van der Waals surface area contributed by atoms with E-state index in [0.29, 0.717) is 6.61 Å². The minimum absolute atomic E-state index is 0.136. The predicted octanol–water partition coefficient (Wildman–Crippen LogP) is 3.79. The van der Waals surface area contributed by atoms with Crippen LogP contribution in [0.2, 0.25) is 37.8 Å². The third kappa shape index (κ3) is 7.06. The summed E-state index contributed by atoms with van der Waals surface area (Å²) >= 11 is 0. The van der Waals surface area contributed by atoms with Gasteiger partial charge in [0.1, 0.15) is 12.2 Å². The molecule has 1 N–H and O–H groups in total. The topological polar surface area (TPSA) is 47.9 Å². The Labute approximate surface area is 139 Å². The fraction of sp³-hybridized carbons (Fsp3) is 0.875. The summed E-state index contributed by atoms with van der Waals surface area (Å²) in [5, 5.41) is 10.4. The quantitative estimate of drug-likeness (QED) is 0.509. The van der Waals surface area contributed by atoms with Gasteiger partial charge in [-0.2, -0.15) is 0 Å². The van der Waals surface area contributed by atoms with Gasteiger partial charge in [0.15, 0.2) is 16.6 Å². The van der Waals surface area contributed by atoms with E-state index in [1.54, 1.807) is 7.11 Å². The number of hydrogen-bond acceptors (Lipinski definition) is 4. The Balaban J connectivity index is 5.05. The highest BCUT2D eigenvalue weighted by atomic mass is 28.4. The Morgan fingerprint density at radius 3 is 1.95 bits per heavy atom. The maximum absolute atomic E-state index is 10.2. The number of rotatable bonds is 9. The lowest BCUT2D eigenvalue weighted by atomic mass is 10.1. The van der Waals surface area contributed by atoms with Crippen LogP contribution in [0.3, 0.4) is 0 Å². The van der Waals surface area contributed by atoms with E-state index in [-0.39, 0.29) is 11.1 Å². The Bertz CT molecular complexity index is 345. The largest absolute Gasteiger partial charge is 0.414 e. The molecule has 0 saturated heterocycles. The molecule has 0 rings (SSSR count). The maximum atomic E-state index is 10.2. The molecule has 4 nitrogen and oxygen atoms in total. The van der Waals surface area contributed by atoms with Gasteiger partial charge in [-0.15, -0.1) is 6.58 Å². The minimum Gasteiger partial charge on any atom is -0.414 e. The van der Waals surface area contributed by atoms with Gasteiger partial charge in [0.05, 0.1) is 12.7 Å². The van der Waals surface area contributed by atoms with Crippen molar-refractivity contribution in [2.45, 2.75) is 76.9 Å². The van der Waals surface area contributed by atoms with Crippen LogP contribution in [0.1, 0.15) is 20.8 Å². The normalized spacial score (nSPS) is 17.9. The molecule has 0 radical (unpaired) electrons. The zero-order chi connectivity index (χ0) is 17.8. The predicted molar refractivity (Wildman–Crippen MR) is 98.4 cm³/mol. The van der Waals surface area contributed by atoms with Gasteiger partial charge in [0.2, 0.25) is 0 Å². The first kappa shape index (κ1) is 22.0. The average Bonchev–Trinajstić information content (AvgIpc) is 2.34. The van der Waals surface area contributed by atoms with Crippen LogP contribution in [0, 0.1) is 0 Å². The Hall–Kier alpha value is 0.0138. The van der Waals surface area contributed by atoms with Gasteiger partial charge in [0, 0.05) is 7.11 Å². The van der Waals surface area contributed by atoms with E-state index in [2.05, 4.69) is 60.1 Å². The molecule has 0 aliphatic heterocycles. The lowest BCUT2D eigenvalue weighted by Gasteiger charge is -2.39. The molecule has 0 fully saturated rings. The third-order valence-electron chi connectivity index (χ3n) is 4.15. The van der Waals surface area contributed by atoms with Crippen LogP contribution in [0.15, 0.2) is 12.7 Å². The molecule has 0 aromatic carbocycles. The SMILES string of the molecule is C=C[C@@H](O)[C@@H](O[Si](C)(C)C)[C@H](CO[Si](C)(C)C(C)(C)C)OC. The zero-order valence-corrected chi connectivity index (χ0v) is 17.9. The van der Waals surface area contributed by atoms with Gasteiger partial charge in [-0.3, -0.25) is 0 Å². The van der Waals surface area contributed by atoms with E-state index >= 15 is 0 Å².